The second kappa shape index (κ2) is 5.02. The summed E-state index contributed by atoms with van der Waals surface area (Å²) in [6.45, 7) is 2.18. The number of aliphatic hydroxyl groups excluding tert-OH is 1. The topological polar surface area (TPSA) is 37.5 Å². The standard InChI is InChI=1S/C16H18N2O/c1-2-3-7-14-9-12-6-4-5-8-15(12)16-10-13(11-19)17-18(14)16/h4-6,8-10,19H,2-3,7,11H2,1H3. The van der Waals surface area contributed by atoms with Gasteiger partial charge in [0.1, 0.15) is 0 Å². The van der Waals surface area contributed by atoms with Gasteiger partial charge in [-0.1, -0.05) is 37.6 Å². The van der Waals surface area contributed by atoms with Crippen molar-refractivity contribution in [3.63, 3.8) is 0 Å². The maximum absolute atomic E-state index is 9.30. The lowest BCUT2D eigenvalue weighted by atomic mass is 10.1. The molecule has 3 nitrogen and oxygen atoms in total. The van der Waals surface area contributed by atoms with Gasteiger partial charge in [-0.15, -0.1) is 0 Å². The lowest BCUT2D eigenvalue weighted by molar-refractivity contribution is 0.276. The van der Waals surface area contributed by atoms with E-state index in [1.807, 2.05) is 16.6 Å². The highest BCUT2D eigenvalue weighted by molar-refractivity contribution is 5.96. The summed E-state index contributed by atoms with van der Waals surface area (Å²) in [5.74, 6) is 0. The predicted octanol–water partition coefficient (Wildman–Crippen LogP) is 3.32. The monoisotopic (exact) mass is 254 g/mol. The Labute approximate surface area is 112 Å². The second-order valence-corrected chi connectivity index (χ2v) is 4.92. The van der Waals surface area contributed by atoms with Gasteiger partial charge in [0.05, 0.1) is 17.8 Å². The Morgan fingerprint density at radius 3 is 2.84 bits per heavy atom. The molecule has 3 aromatic rings. The van der Waals surface area contributed by atoms with Gasteiger partial charge in [0.15, 0.2) is 0 Å². The van der Waals surface area contributed by atoms with E-state index in [2.05, 4.69) is 36.3 Å². The van der Waals surface area contributed by atoms with Crippen molar-refractivity contribution in [1.82, 2.24) is 9.61 Å². The molecular formula is C16H18N2O. The lowest BCUT2D eigenvalue weighted by Gasteiger charge is -2.07. The average molecular weight is 254 g/mol. The number of hydrogen-bond donors (Lipinski definition) is 1. The molecule has 0 atom stereocenters. The van der Waals surface area contributed by atoms with E-state index in [4.69, 9.17) is 0 Å². The van der Waals surface area contributed by atoms with Gasteiger partial charge in [-0.2, -0.15) is 5.10 Å². The zero-order valence-electron chi connectivity index (χ0n) is 11.1. The van der Waals surface area contributed by atoms with Crippen LogP contribution in [0.1, 0.15) is 31.2 Å². The summed E-state index contributed by atoms with van der Waals surface area (Å²) >= 11 is 0. The molecule has 3 rings (SSSR count). The highest BCUT2D eigenvalue weighted by Crippen LogP contribution is 2.24. The van der Waals surface area contributed by atoms with Crippen LogP contribution >= 0.6 is 0 Å². The fourth-order valence-corrected chi connectivity index (χ4v) is 2.55. The smallest absolute Gasteiger partial charge is 0.0889 e. The maximum Gasteiger partial charge on any atom is 0.0889 e. The molecule has 2 heterocycles. The Balaban J connectivity index is 2.29. The number of aliphatic hydroxyl groups is 1. The highest BCUT2D eigenvalue weighted by Gasteiger charge is 2.09. The predicted molar refractivity (Wildman–Crippen MR) is 77.2 cm³/mol. The number of nitrogens with zero attached hydrogens (tertiary/aromatic N) is 2. The molecule has 0 aliphatic carbocycles. The van der Waals surface area contributed by atoms with E-state index >= 15 is 0 Å². The molecule has 0 saturated heterocycles. The van der Waals surface area contributed by atoms with Crippen molar-refractivity contribution >= 4 is 16.3 Å². The number of benzene rings is 1. The Morgan fingerprint density at radius 1 is 1.21 bits per heavy atom. The summed E-state index contributed by atoms with van der Waals surface area (Å²) in [6, 6.07) is 12.5. The van der Waals surface area contributed by atoms with Crippen molar-refractivity contribution in [2.45, 2.75) is 32.8 Å². The van der Waals surface area contributed by atoms with Crippen LogP contribution in [-0.2, 0) is 13.0 Å². The molecule has 0 saturated carbocycles. The Morgan fingerprint density at radius 2 is 2.05 bits per heavy atom. The van der Waals surface area contributed by atoms with Crippen LogP contribution in [0.15, 0.2) is 36.4 Å². The summed E-state index contributed by atoms with van der Waals surface area (Å²) in [5.41, 5.74) is 3.04. The summed E-state index contributed by atoms with van der Waals surface area (Å²) < 4.78 is 1.99. The van der Waals surface area contributed by atoms with Crippen molar-refractivity contribution in [1.29, 1.82) is 0 Å². The molecule has 2 aromatic heterocycles. The summed E-state index contributed by atoms with van der Waals surface area (Å²) in [4.78, 5) is 0. The zero-order valence-corrected chi connectivity index (χ0v) is 11.1. The molecule has 1 aromatic carbocycles. The number of fused-ring (bicyclic) bond motifs is 3. The molecule has 0 amide bonds. The maximum atomic E-state index is 9.30. The van der Waals surface area contributed by atoms with Crippen LogP contribution in [0.25, 0.3) is 16.3 Å². The van der Waals surface area contributed by atoms with Gasteiger partial charge >= 0.3 is 0 Å². The molecule has 0 aliphatic rings. The summed E-state index contributed by atoms with van der Waals surface area (Å²) in [6.07, 6.45) is 3.34. The minimum atomic E-state index is -0.0107. The first-order valence-electron chi connectivity index (χ1n) is 6.83. The molecular weight excluding hydrogens is 236 g/mol. The van der Waals surface area contributed by atoms with E-state index in [0.29, 0.717) is 0 Å². The number of aromatic nitrogens is 2. The first-order chi connectivity index (χ1) is 9.33. The molecule has 1 N–H and O–H groups in total. The molecule has 0 bridgehead atoms. The number of hydrogen-bond acceptors (Lipinski definition) is 2. The van der Waals surface area contributed by atoms with Crippen LogP contribution in [0.5, 0.6) is 0 Å². The van der Waals surface area contributed by atoms with E-state index in [0.717, 1.165) is 24.1 Å². The van der Waals surface area contributed by atoms with Crippen LogP contribution in [0.3, 0.4) is 0 Å². The number of unbranched alkanes of at least 4 members (excludes halogenated alkanes) is 1. The SMILES string of the molecule is CCCCc1cc2ccccc2c2cc(CO)nn12. The average Bonchev–Trinajstić information content (AvgIpc) is 2.89. The van der Waals surface area contributed by atoms with Gasteiger partial charge < -0.3 is 5.11 Å². The van der Waals surface area contributed by atoms with Crippen molar-refractivity contribution in [2.75, 3.05) is 0 Å². The lowest BCUT2D eigenvalue weighted by Crippen LogP contribution is -2.00. The third-order valence-corrected chi connectivity index (χ3v) is 3.54. The fraction of sp³-hybridized carbons (Fsp3) is 0.312. The number of aryl methyl sites for hydroxylation is 1. The van der Waals surface area contributed by atoms with Crippen molar-refractivity contribution in [2.24, 2.45) is 0 Å². The van der Waals surface area contributed by atoms with Crippen LogP contribution < -0.4 is 0 Å². The van der Waals surface area contributed by atoms with E-state index in [1.54, 1.807) is 0 Å². The Kier molecular flexibility index (Phi) is 3.22. The molecule has 0 unspecified atom stereocenters. The highest BCUT2D eigenvalue weighted by atomic mass is 16.3. The number of pyridine rings is 1. The molecule has 98 valence electrons. The normalized spacial score (nSPS) is 11.5. The quantitative estimate of drug-likeness (QED) is 0.775. The van der Waals surface area contributed by atoms with Crippen molar-refractivity contribution in [3.8, 4) is 0 Å². The van der Waals surface area contributed by atoms with Crippen LogP contribution in [0, 0.1) is 0 Å². The van der Waals surface area contributed by atoms with E-state index in [1.165, 1.54) is 22.9 Å². The van der Waals surface area contributed by atoms with Crippen LogP contribution in [0.4, 0.5) is 0 Å². The van der Waals surface area contributed by atoms with Gasteiger partial charge in [-0.3, -0.25) is 0 Å². The minimum absolute atomic E-state index is 0.0107. The van der Waals surface area contributed by atoms with Crippen LogP contribution in [0.2, 0.25) is 0 Å². The minimum Gasteiger partial charge on any atom is -0.390 e. The van der Waals surface area contributed by atoms with Gasteiger partial charge in [0.25, 0.3) is 0 Å². The molecule has 0 aliphatic heterocycles. The van der Waals surface area contributed by atoms with Crippen molar-refractivity contribution < 1.29 is 5.11 Å². The Bertz CT molecular complexity index is 715. The number of rotatable bonds is 4. The van der Waals surface area contributed by atoms with E-state index in [-0.39, 0.29) is 6.61 Å². The van der Waals surface area contributed by atoms with Gasteiger partial charge in [-0.05, 0) is 30.4 Å². The van der Waals surface area contributed by atoms with Gasteiger partial charge in [-0.25, -0.2) is 4.52 Å². The van der Waals surface area contributed by atoms with E-state index < -0.39 is 0 Å². The third-order valence-electron chi connectivity index (χ3n) is 3.54. The molecule has 3 heteroatoms. The van der Waals surface area contributed by atoms with Crippen LogP contribution in [-0.4, -0.2) is 14.7 Å². The first-order valence-corrected chi connectivity index (χ1v) is 6.83. The van der Waals surface area contributed by atoms with Gasteiger partial charge in [0.2, 0.25) is 0 Å². The molecule has 0 spiro atoms. The second-order valence-electron chi connectivity index (χ2n) is 4.92. The molecule has 0 fully saturated rings. The van der Waals surface area contributed by atoms with E-state index in [9.17, 15) is 5.11 Å². The zero-order chi connectivity index (χ0) is 13.2. The summed E-state index contributed by atoms with van der Waals surface area (Å²) in [5, 5.41) is 16.2. The Hall–Kier alpha value is -1.87. The first kappa shape index (κ1) is 12.2. The van der Waals surface area contributed by atoms with Crippen molar-refractivity contribution in [3.05, 3.63) is 47.8 Å². The largest absolute Gasteiger partial charge is 0.390 e. The third kappa shape index (κ3) is 2.10. The molecule has 0 radical (unpaired) electrons. The van der Waals surface area contributed by atoms with Gasteiger partial charge in [0, 0.05) is 11.1 Å². The fourth-order valence-electron chi connectivity index (χ4n) is 2.55. The summed E-state index contributed by atoms with van der Waals surface area (Å²) in [7, 11) is 0. The molecule has 19 heavy (non-hydrogen) atoms.